The quantitative estimate of drug-likeness (QED) is 0.611. The van der Waals surface area contributed by atoms with Gasteiger partial charge in [-0.15, -0.1) is 12.4 Å². The van der Waals surface area contributed by atoms with Crippen molar-refractivity contribution >= 4 is 24.0 Å². The lowest BCUT2D eigenvalue weighted by Gasteiger charge is -2.11. The number of hydrogen-bond acceptors (Lipinski definition) is 5. The number of carbonyl (C=O) groups is 1. The molecule has 1 unspecified atom stereocenters. The number of benzene rings is 1. The van der Waals surface area contributed by atoms with Crippen molar-refractivity contribution < 1.29 is 14.5 Å². The summed E-state index contributed by atoms with van der Waals surface area (Å²) >= 11 is 0. The fraction of sp³-hybridized carbons (Fsp3) is 0.417. The first-order valence-electron chi connectivity index (χ1n) is 5.77. The van der Waals surface area contributed by atoms with Gasteiger partial charge in [0.15, 0.2) is 5.75 Å². The van der Waals surface area contributed by atoms with Crippen LogP contribution in [0.3, 0.4) is 0 Å². The van der Waals surface area contributed by atoms with Crippen LogP contribution in [0.25, 0.3) is 0 Å². The molecule has 0 fully saturated rings. The Balaban J connectivity index is 0.00000361. The Morgan fingerprint density at radius 1 is 1.50 bits per heavy atom. The predicted molar refractivity (Wildman–Crippen MR) is 77.8 cm³/mol. The maximum Gasteiger partial charge on any atom is 0.311 e. The van der Waals surface area contributed by atoms with Gasteiger partial charge in [-0.1, -0.05) is 0 Å². The molecule has 0 aliphatic carbocycles. The van der Waals surface area contributed by atoms with E-state index in [1.807, 2.05) is 6.92 Å². The summed E-state index contributed by atoms with van der Waals surface area (Å²) < 4.78 is 4.87. The standard InChI is InChI=1S/C12H17N3O4.ClH/c1-8(13-2)7-14-12(16)9-4-5-11(19-3)10(6-9)15(17)18;/h4-6,8,13H,7H2,1-3H3,(H,14,16);1H. The second-order valence-corrected chi connectivity index (χ2v) is 4.04. The van der Waals surface area contributed by atoms with Crippen molar-refractivity contribution in [1.29, 1.82) is 0 Å². The second-order valence-electron chi connectivity index (χ2n) is 4.04. The number of nitrogens with zero attached hydrogens (tertiary/aromatic N) is 1. The molecule has 1 rings (SSSR count). The Hall–Kier alpha value is -1.86. The van der Waals surface area contributed by atoms with E-state index in [0.29, 0.717) is 6.54 Å². The zero-order valence-corrected chi connectivity index (χ0v) is 12.3. The van der Waals surface area contributed by atoms with Gasteiger partial charge in [-0.25, -0.2) is 0 Å². The molecule has 8 heteroatoms. The third-order valence-electron chi connectivity index (χ3n) is 2.70. The van der Waals surface area contributed by atoms with Gasteiger partial charge >= 0.3 is 5.69 Å². The molecule has 7 nitrogen and oxygen atoms in total. The van der Waals surface area contributed by atoms with E-state index in [4.69, 9.17) is 4.74 Å². The zero-order valence-electron chi connectivity index (χ0n) is 11.5. The number of likely N-dealkylation sites (N-methyl/N-ethyl adjacent to an activating group) is 1. The fourth-order valence-corrected chi connectivity index (χ4v) is 1.42. The van der Waals surface area contributed by atoms with Crippen molar-refractivity contribution in [3.8, 4) is 5.75 Å². The third-order valence-corrected chi connectivity index (χ3v) is 2.70. The van der Waals surface area contributed by atoms with Gasteiger partial charge in [0.2, 0.25) is 0 Å². The smallest absolute Gasteiger partial charge is 0.311 e. The van der Waals surface area contributed by atoms with Gasteiger partial charge in [0.1, 0.15) is 0 Å². The number of amides is 1. The average molecular weight is 304 g/mol. The average Bonchev–Trinajstić information content (AvgIpc) is 2.43. The maximum atomic E-state index is 11.8. The summed E-state index contributed by atoms with van der Waals surface area (Å²) in [7, 11) is 3.13. The van der Waals surface area contributed by atoms with Crippen LogP contribution in [0.4, 0.5) is 5.69 Å². The van der Waals surface area contributed by atoms with Crippen LogP contribution < -0.4 is 15.4 Å². The van der Waals surface area contributed by atoms with Crippen LogP contribution in [0, 0.1) is 10.1 Å². The molecule has 1 atom stereocenters. The number of ether oxygens (including phenoxy) is 1. The Kier molecular flexibility index (Phi) is 7.56. The van der Waals surface area contributed by atoms with Crippen LogP contribution in [-0.4, -0.2) is 37.6 Å². The van der Waals surface area contributed by atoms with Crippen molar-refractivity contribution in [3.63, 3.8) is 0 Å². The first-order valence-corrected chi connectivity index (χ1v) is 5.77. The van der Waals surface area contributed by atoms with E-state index in [2.05, 4.69) is 10.6 Å². The molecule has 0 radical (unpaired) electrons. The van der Waals surface area contributed by atoms with Crippen molar-refractivity contribution in [2.75, 3.05) is 20.7 Å². The number of nitro groups is 1. The summed E-state index contributed by atoms with van der Waals surface area (Å²) in [4.78, 5) is 22.1. The molecule has 20 heavy (non-hydrogen) atoms. The van der Waals surface area contributed by atoms with Crippen LogP contribution in [0.1, 0.15) is 17.3 Å². The third kappa shape index (κ3) is 4.67. The van der Waals surface area contributed by atoms with Crippen LogP contribution in [0.2, 0.25) is 0 Å². The van der Waals surface area contributed by atoms with Crippen molar-refractivity contribution in [3.05, 3.63) is 33.9 Å². The van der Waals surface area contributed by atoms with E-state index < -0.39 is 4.92 Å². The van der Waals surface area contributed by atoms with E-state index in [-0.39, 0.29) is 41.4 Å². The van der Waals surface area contributed by atoms with Crippen molar-refractivity contribution in [1.82, 2.24) is 10.6 Å². The summed E-state index contributed by atoms with van der Waals surface area (Å²) in [6.45, 7) is 2.35. The summed E-state index contributed by atoms with van der Waals surface area (Å²) in [6, 6.07) is 4.23. The minimum absolute atomic E-state index is 0. The lowest BCUT2D eigenvalue weighted by molar-refractivity contribution is -0.385. The van der Waals surface area contributed by atoms with E-state index in [9.17, 15) is 14.9 Å². The van der Waals surface area contributed by atoms with Gasteiger partial charge < -0.3 is 15.4 Å². The number of methoxy groups -OCH3 is 1. The molecule has 0 bridgehead atoms. The maximum absolute atomic E-state index is 11.8. The van der Waals surface area contributed by atoms with Crippen LogP contribution in [-0.2, 0) is 0 Å². The van der Waals surface area contributed by atoms with Crippen LogP contribution in [0.15, 0.2) is 18.2 Å². The van der Waals surface area contributed by atoms with Crippen molar-refractivity contribution in [2.45, 2.75) is 13.0 Å². The molecular weight excluding hydrogens is 286 g/mol. The first kappa shape index (κ1) is 18.1. The van der Waals surface area contributed by atoms with Gasteiger partial charge in [0.05, 0.1) is 12.0 Å². The van der Waals surface area contributed by atoms with E-state index in [0.717, 1.165) is 0 Å². The number of hydrogen-bond donors (Lipinski definition) is 2. The lowest BCUT2D eigenvalue weighted by atomic mass is 10.1. The number of rotatable bonds is 6. The van der Waals surface area contributed by atoms with Gasteiger partial charge in [-0.05, 0) is 26.1 Å². The largest absolute Gasteiger partial charge is 0.490 e. The SMILES string of the molecule is CNC(C)CNC(=O)c1ccc(OC)c([N+](=O)[O-])c1.Cl. The van der Waals surface area contributed by atoms with Crippen LogP contribution >= 0.6 is 12.4 Å². The second kappa shape index (κ2) is 8.34. The predicted octanol–water partition coefficient (Wildman–Crippen LogP) is 1.36. The number of nitrogens with one attached hydrogen (secondary N) is 2. The molecular formula is C12H18ClN3O4. The minimum Gasteiger partial charge on any atom is -0.490 e. The number of nitro benzene ring substituents is 1. The molecule has 0 aliphatic rings. The summed E-state index contributed by atoms with van der Waals surface area (Å²) in [5, 5.41) is 16.5. The molecule has 0 saturated heterocycles. The monoisotopic (exact) mass is 303 g/mol. The summed E-state index contributed by atoms with van der Waals surface area (Å²) in [5.41, 5.74) is 0.00705. The van der Waals surface area contributed by atoms with E-state index >= 15 is 0 Å². The van der Waals surface area contributed by atoms with Crippen LogP contribution in [0.5, 0.6) is 5.75 Å². The topological polar surface area (TPSA) is 93.5 Å². The molecule has 0 aromatic heterocycles. The molecule has 0 heterocycles. The molecule has 1 aromatic rings. The highest BCUT2D eigenvalue weighted by atomic mass is 35.5. The van der Waals surface area contributed by atoms with Gasteiger partial charge in [-0.3, -0.25) is 14.9 Å². The molecule has 1 amide bonds. The summed E-state index contributed by atoms with van der Waals surface area (Å²) in [6.07, 6.45) is 0. The molecule has 2 N–H and O–H groups in total. The molecule has 0 spiro atoms. The Labute approximate surface area is 123 Å². The Bertz CT molecular complexity index is 482. The van der Waals surface area contributed by atoms with E-state index in [1.54, 1.807) is 7.05 Å². The fourth-order valence-electron chi connectivity index (χ4n) is 1.42. The zero-order chi connectivity index (χ0) is 14.4. The molecule has 0 saturated carbocycles. The normalized spacial score (nSPS) is 11.2. The molecule has 1 aromatic carbocycles. The number of halogens is 1. The number of carbonyl (C=O) groups excluding carboxylic acids is 1. The van der Waals surface area contributed by atoms with Crippen molar-refractivity contribution in [2.24, 2.45) is 0 Å². The highest BCUT2D eigenvalue weighted by molar-refractivity contribution is 5.95. The van der Waals surface area contributed by atoms with Gasteiger partial charge in [0, 0.05) is 24.2 Å². The van der Waals surface area contributed by atoms with Gasteiger partial charge in [0.25, 0.3) is 5.91 Å². The lowest BCUT2D eigenvalue weighted by Crippen LogP contribution is -2.37. The van der Waals surface area contributed by atoms with Gasteiger partial charge in [-0.2, -0.15) is 0 Å². The summed E-state index contributed by atoms with van der Waals surface area (Å²) in [5.74, 6) is -0.224. The first-order chi connectivity index (χ1) is 8.99. The van der Waals surface area contributed by atoms with E-state index in [1.165, 1.54) is 25.3 Å². The molecule has 112 valence electrons. The minimum atomic E-state index is -0.578. The Morgan fingerprint density at radius 2 is 2.15 bits per heavy atom. The Morgan fingerprint density at radius 3 is 2.65 bits per heavy atom. The highest BCUT2D eigenvalue weighted by Crippen LogP contribution is 2.27. The molecule has 0 aliphatic heterocycles. The highest BCUT2D eigenvalue weighted by Gasteiger charge is 2.18.